The summed E-state index contributed by atoms with van der Waals surface area (Å²) in [6.45, 7) is 2.44. The fraction of sp³-hybridized carbons (Fsp3) is 0.222. The van der Waals surface area contributed by atoms with Crippen molar-refractivity contribution in [1.82, 2.24) is 5.32 Å². The van der Waals surface area contributed by atoms with E-state index in [4.69, 9.17) is 4.74 Å². The van der Waals surface area contributed by atoms with Gasteiger partial charge in [-0.25, -0.2) is 0 Å². The third-order valence-corrected chi connectivity index (χ3v) is 3.39. The molecular formula is C18H20N2O3. The van der Waals surface area contributed by atoms with Crippen molar-refractivity contribution in [2.24, 2.45) is 0 Å². The molecule has 0 aliphatic heterocycles. The van der Waals surface area contributed by atoms with Gasteiger partial charge in [-0.3, -0.25) is 9.59 Å². The molecule has 0 bridgehead atoms. The lowest BCUT2D eigenvalue weighted by Crippen LogP contribution is -2.34. The fourth-order valence-electron chi connectivity index (χ4n) is 2.18. The topological polar surface area (TPSA) is 58.6 Å². The second kappa shape index (κ2) is 7.98. The molecule has 2 aromatic carbocycles. The zero-order chi connectivity index (χ0) is 16.7. The van der Waals surface area contributed by atoms with Gasteiger partial charge in [0.1, 0.15) is 5.75 Å². The highest BCUT2D eigenvalue weighted by Gasteiger charge is 2.14. The highest BCUT2D eigenvalue weighted by Crippen LogP contribution is 2.15. The molecule has 0 atom stereocenters. The van der Waals surface area contributed by atoms with E-state index in [0.717, 1.165) is 5.69 Å². The number of ether oxygens (including phenoxy) is 1. The molecule has 0 aliphatic carbocycles. The van der Waals surface area contributed by atoms with Crippen molar-refractivity contribution >= 4 is 17.5 Å². The van der Waals surface area contributed by atoms with Crippen LogP contribution in [0.5, 0.6) is 5.75 Å². The predicted octanol–water partition coefficient (Wildman–Crippen LogP) is 2.48. The first-order valence-electron chi connectivity index (χ1n) is 7.46. The van der Waals surface area contributed by atoms with Crippen LogP contribution >= 0.6 is 0 Å². The van der Waals surface area contributed by atoms with Crippen LogP contribution in [0.15, 0.2) is 54.6 Å². The lowest BCUT2D eigenvalue weighted by Gasteiger charge is -2.21. The van der Waals surface area contributed by atoms with Crippen molar-refractivity contribution in [2.75, 3.05) is 25.1 Å². The molecule has 0 aliphatic rings. The molecule has 0 unspecified atom stereocenters. The van der Waals surface area contributed by atoms with E-state index >= 15 is 0 Å². The highest BCUT2D eigenvalue weighted by atomic mass is 16.5. The summed E-state index contributed by atoms with van der Waals surface area (Å²) < 4.78 is 5.52. The Kier molecular flexibility index (Phi) is 5.74. The zero-order valence-corrected chi connectivity index (χ0v) is 13.3. The summed E-state index contributed by atoms with van der Waals surface area (Å²) in [5, 5.41) is 2.55. The number of anilines is 1. The van der Waals surface area contributed by atoms with E-state index in [9.17, 15) is 9.59 Å². The maximum Gasteiger partial charge on any atom is 0.264 e. The van der Waals surface area contributed by atoms with Gasteiger partial charge < -0.3 is 15.0 Å². The molecule has 120 valence electrons. The van der Waals surface area contributed by atoms with Crippen LogP contribution in [-0.4, -0.2) is 32.0 Å². The third kappa shape index (κ3) is 4.32. The number of amides is 2. The van der Waals surface area contributed by atoms with Gasteiger partial charge in [-0.1, -0.05) is 18.2 Å². The normalized spacial score (nSPS) is 10.0. The molecule has 0 saturated heterocycles. The number of hydrogen-bond acceptors (Lipinski definition) is 3. The minimum atomic E-state index is -0.158. The minimum Gasteiger partial charge on any atom is -0.484 e. The molecule has 2 aromatic rings. The van der Waals surface area contributed by atoms with Crippen LogP contribution in [0.25, 0.3) is 0 Å². The number of rotatable bonds is 6. The van der Waals surface area contributed by atoms with Gasteiger partial charge in [-0.15, -0.1) is 0 Å². The van der Waals surface area contributed by atoms with Crippen molar-refractivity contribution in [2.45, 2.75) is 6.92 Å². The summed E-state index contributed by atoms with van der Waals surface area (Å²) in [7, 11) is 1.58. The van der Waals surface area contributed by atoms with E-state index in [-0.39, 0.29) is 18.4 Å². The Morgan fingerprint density at radius 3 is 2.26 bits per heavy atom. The van der Waals surface area contributed by atoms with Gasteiger partial charge in [-0.2, -0.15) is 0 Å². The van der Waals surface area contributed by atoms with E-state index in [2.05, 4.69) is 5.32 Å². The summed E-state index contributed by atoms with van der Waals surface area (Å²) in [6.07, 6.45) is 0. The van der Waals surface area contributed by atoms with Gasteiger partial charge in [0.15, 0.2) is 6.61 Å². The molecule has 1 N–H and O–H groups in total. The average Bonchev–Trinajstić information content (AvgIpc) is 2.61. The summed E-state index contributed by atoms with van der Waals surface area (Å²) in [6, 6.07) is 16.1. The molecule has 0 radical (unpaired) electrons. The van der Waals surface area contributed by atoms with E-state index in [1.165, 1.54) is 0 Å². The number of carbonyl (C=O) groups excluding carboxylic acids is 2. The standard InChI is InChI=1S/C18H20N2O3/c1-3-20(15-7-5-4-6-8-15)17(21)13-23-16-11-9-14(10-12-16)18(22)19-2/h4-12H,3,13H2,1-2H3,(H,19,22). The molecule has 5 nitrogen and oxygen atoms in total. The smallest absolute Gasteiger partial charge is 0.264 e. The quantitative estimate of drug-likeness (QED) is 0.891. The molecule has 0 heterocycles. The Hall–Kier alpha value is -2.82. The van der Waals surface area contributed by atoms with E-state index in [0.29, 0.717) is 17.9 Å². The van der Waals surface area contributed by atoms with Crippen LogP contribution in [0.2, 0.25) is 0 Å². The summed E-state index contributed by atoms with van der Waals surface area (Å²) in [5.74, 6) is 0.276. The Balaban J connectivity index is 1.97. The van der Waals surface area contributed by atoms with E-state index in [1.807, 2.05) is 37.3 Å². The maximum atomic E-state index is 12.3. The molecule has 2 amide bonds. The second-order valence-electron chi connectivity index (χ2n) is 4.87. The number of nitrogens with zero attached hydrogens (tertiary/aromatic N) is 1. The zero-order valence-electron chi connectivity index (χ0n) is 13.3. The predicted molar refractivity (Wildman–Crippen MR) is 89.8 cm³/mol. The van der Waals surface area contributed by atoms with Crippen LogP contribution in [0.3, 0.4) is 0 Å². The molecule has 0 fully saturated rings. The number of hydrogen-bond donors (Lipinski definition) is 1. The Bertz CT molecular complexity index is 654. The Morgan fingerprint density at radius 1 is 1.04 bits per heavy atom. The summed E-state index contributed by atoms with van der Waals surface area (Å²) in [4.78, 5) is 25.4. The van der Waals surface area contributed by atoms with Crippen molar-refractivity contribution < 1.29 is 14.3 Å². The van der Waals surface area contributed by atoms with Crippen molar-refractivity contribution in [3.05, 3.63) is 60.2 Å². The first-order valence-corrected chi connectivity index (χ1v) is 7.46. The maximum absolute atomic E-state index is 12.3. The first kappa shape index (κ1) is 16.5. The minimum absolute atomic E-state index is 0.0535. The van der Waals surface area contributed by atoms with Crippen molar-refractivity contribution in [3.63, 3.8) is 0 Å². The van der Waals surface area contributed by atoms with Crippen molar-refractivity contribution in [1.29, 1.82) is 0 Å². The van der Waals surface area contributed by atoms with Gasteiger partial charge >= 0.3 is 0 Å². The molecule has 5 heteroatoms. The fourth-order valence-corrected chi connectivity index (χ4v) is 2.18. The molecule has 2 rings (SSSR count). The number of nitrogens with one attached hydrogen (secondary N) is 1. The monoisotopic (exact) mass is 312 g/mol. The third-order valence-electron chi connectivity index (χ3n) is 3.39. The first-order chi connectivity index (χ1) is 11.2. The number of benzene rings is 2. The summed E-state index contributed by atoms with van der Waals surface area (Å²) in [5.41, 5.74) is 1.39. The molecule has 0 aromatic heterocycles. The highest BCUT2D eigenvalue weighted by molar-refractivity contribution is 5.95. The number of para-hydroxylation sites is 1. The van der Waals surface area contributed by atoms with E-state index < -0.39 is 0 Å². The van der Waals surface area contributed by atoms with Gasteiger partial charge in [0.05, 0.1) is 0 Å². The van der Waals surface area contributed by atoms with Crippen LogP contribution in [0.4, 0.5) is 5.69 Å². The molecular weight excluding hydrogens is 292 g/mol. The second-order valence-corrected chi connectivity index (χ2v) is 4.87. The van der Waals surface area contributed by atoms with Gasteiger partial charge in [-0.05, 0) is 43.3 Å². The lowest BCUT2D eigenvalue weighted by atomic mass is 10.2. The van der Waals surface area contributed by atoms with E-state index in [1.54, 1.807) is 36.2 Å². The Labute approximate surface area is 135 Å². The van der Waals surface area contributed by atoms with Gasteiger partial charge in [0.25, 0.3) is 11.8 Å². The number of carbonyl (C=O) groups is 2. The van der Waals surface area contributed by atoms with Gasteiger partial charge in [0.2, 0.25) is 0 Å². The lowest BCUT2D eigenvalue weighted by molar-refractivity contribution is -0.120. The molecule has 23 heavy (non-hydrogen) atoms. The van der Waals surface area contributed by atoms with Gasteiger partial charge in [0, 0.05) is 24.8 Å². The van der Waals surface area contributed by atoms with Crippen molar-refractivity contribution in [3.8, 4) is 5.75 Å². The van der Waals surface area contributed by atoms with Crippen LogP contribution in [0.1, 0.15) is 17.3 Å². The Morgan fingerprint density at radius 2 is 1.70 bits per heavy atom. The molecule has 0 spiro atoms. The SMILES string of the molecule is CCN(C(=O)COc1ccc(C(=O)NC)cc1)c1ccccc1. The average molecular weight is 312 g/mol. The van der Waals surface area contributed by atoms with Crippen LogP contribution in [-0.2, 0) is 4.79 Å². The van der Waals surface area contributed by atoms with Crippen LogP contribution in [0, 0.1) is 0 Å². The summed E-state index contributed by atoms with van der Waals surface area (Å²) >= 11 is 0. The number of likely N-dealkylation sites (N-methyl/N-ethyl adjacent to an activating group) is 1. The largest absolute Gasteiger partial charge is 0.484 e. The van der Waals surface area contributed by atoms with Crippen LogP contribution < -0.4 is 15.0 Å². The molecule has 0 saturated carbocycles.